The molecule has 0 saturated carbocycles. The molecule has 2 aromatic carbocycles. The number of phenolic OH excluding ortho intramolecular Hbond substituents is 1. The lowest BCUT2D eigenvalue weighted by molar-refractivity contribution is -0.111. The second-order valence-electron chi connectivity index (χ2n) is 4.83. The number of hydrogen-bond donors (Lipinski definition) is 2. The number of benzene rings is 2. The molecular weight excluding hydrogens is 358 g/mol. The van der Waals surface area contributed by atoms with Gasteiger partial charge in [-0.3, -0.25) is 4.79 Å². The van der Waals surface area contributed by atoms with Crippen LogP contribution in [0.1, 0.15) is 5.56 Å². The third kappa shape index (κ3) is 6.00. The Balaban J connectivity index is 2.15. The first kappa shape index (κ1) is 19.1. The summed E-state index contributed by atoms with van der Waals surface area (Å²) in [6.07, 6.45) is 2.20. The first-order valence-electron chi connectivity index (χ1n) is 7.15. The highest BCUT2D eigenvalue weighted by Crippen LogP contribution is 2.28. The number of aromatic hydroxyl groups is 1. The largest absolute Gasteiger partial charge is 0.508 e. The molecule has 0 spiro atoms. The molecule has 26 heavy (non-hydrogen) atoms. The van der Waals surface area contributed by atoms with Crippen LogP contribution in [0.25, 0.3) is 6.08 Å². The smallest absolute Gasteiger partial charge is 0.387 e. The quantitative estimate of drug-likeness (QED) is 0.564. The van der Waals surface area contributed by atoms with E-state index in [1.807, 2.05) is 0 Å². The highest BCUT2D eigenvalue weighted by Gasteiger charge is 2.12. The van der Waals surface area contributed by atoms with Gasteiger partial charge >= 0.3 is 13.2 Å². The number of phenols is 1. The Morgan fingerprint density at radius 1 is 1.04 bits per heavy atom. The topological polar surface area (TPSA) is 67.8 Å². The van der Waals surface area contributed by atoms with Gasteiger partial charge in [0.2, 0.25) is 5.91 Å². The third-order valence-electron chi connectivity index (χ3n) is 2.95. The minimum Gasteiger partial charge on any atom is -0.508 e. The van der Waals surface area contributed by atoms with Crippen molar-refractivity contribution >= 4 is 17.7 Å². The van der Waals surface area contributed by atoms with E-state index in [9.17, 15) is 27.5 Å². The van der Waals surface area contributed by atoms with Crippen LogP contribution in [-0.2, 0) is 4.79 Å². The van der Waals surface area contributed by atoms with Gasteiger partial charge in [-0.1, -0.05) is 6.07 Å². The van der Waals surface area contributed by atoms with Gasteiger partial charge in [-0.15, -0.1) is 0 Å². The zero-order chi connectivity index (χ0) is 19.1. The predicted octanol–water partition coefficient (Wildman–Crippen LogP) is 4.25. The number of nitrogens with one attached hydrogen (secondary N) is 1. The zero-order valence-corrected chi connectivity index (χ0v) is 13.0. The molecule has 0 unspecified atom stereocenters. The van der Waals surface area contributed by atoms with Gasteiger partial charge in [-0.25, -0.2) is 0 Å². The Kier molecular flexibility index (Phi) is 6.42. The van der Waals surface area contributed by atoms with E-state index in [1.54, 1.807) is 0 Å². The van der Waals surface area contributed by atoms with Gasteiger partial charge in [0, 0.05) is 29.5 Å². The van der Waals surface area contributed by atoms with Gasteiger partial charge < -0.3 is 19.9 Å². The van der Waals surface area contributed by atoms with E-state index in [0.29, 0.717) is 5.69 Å². The molecule has 0 atom stereocenters. The lowest BCUT2D eigenvalue weighted by atomic mass is 10.1. The van der Waals surface area contributed by atoms with E-state index in [1.165, 1.54) is 36.4 Å². The van der Waals surface area contributed by atoms with Crippen LogP contribution in [0.15, 0.2) is 48.5 Å². The van der Waals surface area contributed by atoms with Gasteiger partial charge in [-0.2, -0.15) is 17.6 Å². The Morgan fingerprint density at radius 3 is 2.42 bits per heavy atom. The normalized spacial score (nSPS) is 11.2. The van der Waals surface area contributed by atoms with Crippen molar-refractivity contribution in [1.29, 1.82) is 0 Å². The minimum atomic E-state index is -3.19. The third-order valence-corrected chi connectivity index (χ3v) is 2.95. The average Bonchev–Trinajstić information content (AvgIpc) is 2.53. The molecule has 0 fully saturated rings. The maximum atomic E-state index is 12.5. The molecule has 0 heterocycles. The summed E-state index contributed by atoms with van der Waals surface area (Å²) in [5, 5.41) is 11.8. The number of anilines is 1. The number of alkyl halides is 4. The van der Waals surface area contributed by atoms with E-state index >= 15 is 0 Å². The van der Waals surface area contributed by atoms with Crippen molar-refractivity contribution in [3.05, 3.63) is 54.1 Å². The van der Waals surface area contributed by atoms with Crippen molar-refractivity contribution in [3.8, 4) is 17.2 Å². The maximum absolute atomic E-state index is 12.5. The van der Waals surface area contributed by atoms with E-state index < -0.39 is 24.9 Å². The lowest BCUT2D eigenvalue weighted by Crippen LogP contribution is -2.08. The number of amides is 1. The predicted molar refractivity (Wildman–Crippen MR) is 85.5 cm³/mol. The lowest BCUT2D eigenvalue weighted by Gasteiger charge is -2.11. The number of hydrogen-bond acceptors (Lipinski definition) is 4. The van der Waals surface area contributed by atoms with Crippen molar-refractivity contribution in [2.45, 2.75) is 13.2 Å². The number of carbonyl (C=O) groups excluding carboxylic acids is 1. The fraction of sp³-hybridized carbons (Fsp3) is 0.118. The van der Waals surface area contributed by atoms with Crippen LogP contribution in [-0.4, -0.2) is 24.2 Å². The summed E-state index contributed by atoms with van der Waals surface area (Å²) in [5.74, 6) is -1.45. The molecule has 0 aliphatic carbocycles. The zero-order valence-electron chi connectivity index (χ0n) is 13.0. The van der Waals surface area contributed by atoms with Crippen LogP contribution in [0.4, 0.5) is 23.2 Å². The molecule has 138 valence electrons. The molecule has 0 aliphatic rings. The molecular formula is C17H13F4NO4. The molecule has 2 rings (SSSR count). The van der Waals surface area contributed by atoms with Crippen LogP contribution in [0.3, 0.4) is 0 Å². The van der Waals surface area contributed by atoms with Gasteiger partial charge in [0.1, 0.15) is 17.2 Å². The Bertz CT molecular complexity index is 796. The number of ether oxygens (including phenoxy) is 2. The van der Waals surface area contributed by atoms with Crippen LogP contribution >= 0.6 is 0 Å². The van der Waals surface area contributed by atoms with Crippen molar-refractivity contribution < 1.29 is 36.9 Å². The first-order chi connectivity index (χ1) is 12.3. The second-order valence-corrected chi connectivity index (χ2v) is 4.83. The fourth-order valence-electron chi connectivity index (χ4n) is 1.96. The molecule has 0 radical (unpaired) electrons. The Hall–Kier alpha value is -3.23. The summed E-state index contributed by atoms with van der Waals surface area (Å²) in [5.41, 5.74) is 0.377. The monoisotopic (exact) mass is 371 g/mol. The molecule has 2 aromatic rings. The van der Waals surface area contributed by atoms with Crippen molar-refractivity contribution in [2.75, 3.05) is 5.32 Å². The van der Waals surface area contributed by atoms with Crippen LogP contribution in [0, 0.1) is 0 Å². The van der Waals surface area contributed by atoms with Gasteiger partial charge in [0.15, 0.2) is 0 Å². The van der Waals surface area contributed by atoms with E-state index in [0.717, 1.165) is 18.2 Å². The van der Waals surface area contributed by atoms with E-state index in [4.69, 9.17) is 0 Å². The van der Waals surface area contributed by atoms with Gasteiger partial charge in [0.25, 0.3) is 0 Å². The molecule has 1 amide bonds. The van der Waals surface area contributed by atoms with E-state index in [-0.39, 0.29) is 17.1 Å². The molecule has 9 heteroatoms. The summed E-state index contributed by atoms with van der Waals surface area (Å²) < 4.78 is 57.8. The van der Waals surface area contributed by atoms with Crippen LogP contribution in [0.2, 0.25) is 0 Å². The maximum Gasteiger partial charge on any atom is 0.387 e. The molecule has 5 nitrogen and oxygen atoms in total. The number of rotatable bonds is 7. The van der Waals surface area contributed by atoms with Crippen LogP contribution < -0.4 is 14.8 Å². The van der Waals surface area contributed by atoms with Crippen molar-refractivity contribution in [3.63, 3.8) is 0 Å². The summed E-state index contributed by atoms with van der Waals surface area (Å²) in [6.45, 7) is -6.31. The number of carbonyl (C=O) groups is 1. The van der Waals surface area contributed by atoms with Gasteiger partial charge in [-0.05, 0) is 30.3 Å². The Labute approximate surface area is 145 Å². The highest BCUT2D eigenvalue weighted by molar-refractivity contribution is 6.02. The summed E-state index contributed by atoms with van der Waals surface area (Å²) in [7, 11) is 0. The summed E-state index contributed by atoms with van der Waals surface area (Å²) in [6, 6.07) is 8.96. The summed E-state index contributed by atoms with van der Waals surface area (Å²) in [4.78, 5) is 11.9. The second kappa shape index (κ2) is 8.75. The Morgan fingerprint density at radius 2 is 1.77 bits per heavy atom. The van der Waals surface area contributed by atoms with Gasteiger partial charge in [0.05, 0.1) is 0 Å². The molecule has 0 saturated heterocycles. The molecule has 0 bridgehead atoms. The minimum absolute atomic E-state index is 0.0472. The van der Waals surface area contributed by atoms with Crippen LogP contribution in [0.5, 0.6) is 17.2 Å². The molecule has 2 N–H and O–H groups in total. The fourth-order valence-corrected chi connectivity index (χ4v) is 1.96. The average molecular weight is 371 g/mol. The first-order valence-corrected chi connectivity index (χ1v) is 7.15. The SMILES string of the molecule is O=C(/C=C/c1ccc(OC(F)F)cc1OC(F)F)Nc1cccc(O)c1. The van der Waals surface area contributed by atoms with Crippen molar-refractivity contribution in [1.82, 2.24) is 0 Å². The molecule has 0 aromatic heterocycles. The van der Waals surface area contributed by atoms with E-state index in [2.05, 4.69) is 14.8 Å². The standard InChI is InChI=1S/C17H13F4NO4/c18-16(19)25-13-6-4-10(14(9-13)26-17(20)21)5-7-15(24)22-11-2-1-3-12(23)8-11/h1-9,16-17,23H,(H,22,24)/b7-5+. The summed E-state index contributed by atoms with van der Waals surface area (Å²) >= 11 is 0. The highest BCUT2D eigenvalue weighted by atomic mass is 19.3. The number of halogens is 4. The molecule has 0 aliphatic heterocycles. The van der Waals surface area contributed by atoms with Crippen molar-refractivity contribution in [2.24, 2.45) is 0 Å².